The summed E-state index contributed by atoms with van der Waals surface area (Å²) in [7, 11) is 0. The van der Waals surface area contributed by atoms with Gasteiger partial charge in [-0.15, -0.1) is 0 Å². The summed E-state index contributed by atoms with van der Waals surface area (Å²) in [6.07, 6.45) is 3.93. The first-order valence-electron chi connectivity index (χ1n) is 10.7. The minimum Gasteiger partial charge on any atom is -0.492 e. The van der Waals surface area contributed by atoms with E-state index < -0.39 is 0 Å². The normalized spacial score (nSPS) is 13.8. The van der Waals surface area contributed by atoms with Crippen molar-refractivity contribution in [1.29, 1.82) is 0 Å². The molecule has 0 bridgehead atoms. The number of allylic oxidation sites excluding steroid dienone is 1. The van der Waals surface area contributed by atoms with Gasteiger partial charge in [-0.2, -0.15) is 0 Å². The molecule has 3 aromatic rings. The van der Waals surface area contributed by atoms with Crippen molar-refractivity contribution >= 4 is 17.4 Å². The van der Waals surface area contributed by atoms with Gasteiger partial charge in [-0.25, -0.2) is 0 Å². The third-order valence-electron chi connectivity index (χ3n) is 5.69. The average molecular weight is 432 g/mol. The van der Waals surface area contributed by atoms with Gasteiger partial charge < -0.3 is 4.74 Å². The first-order chi connectivity index (χ1) is 15.2. The zero-order valence-electron chi connectivity index (χ0n) is 17.5. The van der Waals surface area contributed by atoms with Crippen molar-refractivity contribution in [3.05, 3.63) is 90.0 Å². The van der Waals surface area contributed by atoms with Crippen molar-refractivity contribution in [3.63, 3.8) is 0 Å². The molecule has 0 aliphatic carbocycles. The van der Waals surface area contributed by atoms with Crippen LogP contribution in [0.25, 0.3) is 22.3 Å². The Hall–Kier alpha value is -2.88. The van der Waals surface area contributed by atoms with Crippen LogP contribution in [0, 0.1) is 0 Å². The van der Waals surface area contributed by atoms with Gasteiger partial charge in [0.15, 0.2) is 5.78 Å². The Kier molecular flexibility index (Phi) is 6.86. The third kappa shape index (κ3) is 5.07. The van der Waals surface area contributed by atoms with Gasteiger partial charge in [0.1, 0.15) is 12.4 Å². The zero-order valence-corrected chi connectivity index (χ0v) is 18.3. The molecule has 0 unspecified atom stereocenters. The van der Waals surface area contributed by atoms with Crippen molar-refractivity contribution in [1.82, 2.24) is 4.90 Å². The largest absolute Gasteiger partial charge is 0.492 e. The van der Waals surface area contributed by atoms with Crippen LogP contribution in [0.2, 0.25) is 5.02 Å². The number of carbonyl (C=O) groups is 1. The fraction of sp³-hybridized carbons (Fsp3) is 0.222. The minimum atomic E-state index is -0.100. The molecule has 0 N–H and O–H groups in total. The fourth-order valence-corrected chi connectivity index (χ4v) is 4.19. The standard InChI is InChI=1S/C27H26ClNO2/c1-2-26(30)25-7-5-6-24(20-8-12-22(28)13-9-20)27(25)21-10-14-23(15-11-21)31-19-18-29-16-3-4-17-29/h2,5-15H,1,3-4,16-19H2. The second-order valence-electron chi connectivity index (χ2n) is 7.72. The molecular weight excluding hydrogens is 406 g/mol. The van der Waals surface area contributed by atoms with E-state index in [9.17, 15) is 4.79 Å². The van der Waals surface area contributed by atoms with Crippen molar-refractivity contribution in [2.75, 3.05) is 26.2 Å². The molecule has 1 fully saturated rings. The predicted octanol–water partition coefficient (Wildman–Crippen LogP) is 6.52. The molecule has 0 amide bonds. The number of benzene rings is 3. The Morgan fingerprint density at radius 3 is 2.32 bits per heavy atom. The van der Waals surface area contributed by atoms with E-state index in [2.05, 4.69) is 11.5 Å². The lowest BCUT2D eigenvalue weighted by molar-refractivity contribution is 0.104. The van der Waals surface area contributed by atoms with Crippen molar-refractivity contribution in [3.8, 4) is 28.0 Å². The quantitative estimate of drug-likeness (QED) is 0.300. The Morgan fingerprint density at radius 2 is 1.65 bits per heavy atom. The van der Waals surface area contributed by atoms with Crippen LogP contribution in [0.3, 0.4) is 0 Å². The summed E-state index contributed by atoms with van der Waals surface area (Å²) in [5.41, 5.74) is 4.46. The first-order valence-corrected chi connectivity index (χ1v) is 11.0. The SMILES string of the molecule is C=CC(=O)c1cccc(-c2ccc(Cl)cc2)c1-c1ccc(OCCN2CCCC2)cc1. The molecule has 1 heterocycles. The topological polar surface area (TPSA) is 29.5 Å². The van der Waals surface area contributed by atoms with E-state index in [1.807, 2.05) is 66.7 Å². The fourth-order valence-electron chi connectivity index (χ4n) is 4.07. The molecule has 31 heavy (non-hydrogen) atoms. The molecule has 0 spiro atoms. The van der Waals surface area contributed by atoms with Gasteiger partial charge in [0, 0.05) is 22.7 Å². The Labute approximate surface area is 188 Å². The third-order valence-corrected chi connectivity index (χ3v) is 5.94. The summed E-state index contributed by atoms with van der Waals surface area (Å²) in [4.78, 5) is 15.0. The lowest BCUT2D eigenvalue weighted by atomic mass is 9.89. The van der Waals surface area contributed by atoms with Crippen LogP contribution < -0.4 is 4.74 Å². The molecule has 0 atom stereocenters. The van der Waals surface area contributed by atoms with Gasteiger partial charge in [0.2, 0.25) is 0 Å². The maximum absolute atomic E-state index is 12.6. The predicted molar refractivity (Wildman–Crippen MR) is 128 cm³/mol. The summed E-state index contributed by atoms with van der Waals surface area (Å²) < 4.78 is 5.95. The van der Waals surface area contributed by atoms with Crippen LogP contribution in [0.15, 0.2) is 79.4 Å². The number of rotatable bonds is 8. The molecule has 3 nitrogen and oxygen atoms in total. The van der Waals surface area contributed by atoms with Gasteiger partial charge in [-0.3, -0.25) is 9.69 Å². The lowest BCUT2D eigenvalue weighted by Crippen LogP contribution is -2.25. The van der Waals surface area contributed by atoms with Crippen LogP contribution in [0.1, 0.15) is 23.2 Å². The van der Waals surface area contributed by atoms with Gasteiger partial charge >= 0.3 is 0 Å². The number of hydrogen-bond acceptors (Lipinski definition) is 3. The van der Waals surface area contributed by atoms with E-state index in [1.165, 1.54) is 32.0 Å². The highest BCUT2D eigenvalue weighted by atomic mass is 35.5. The highest BCUT2D eigenvalue weighted by Gasteiger charge is 2.16. The number of carbonyl (C=O) groups excluding carboxylic acids is 1. The van der Waals surface area contributed by atoms with Gasteiger partial charge in [0.05, 0.1) is 0 Å². The van der Waals surface area contributed by atoms with Gasteiger partial charge in [0.25, 0.3) is 0 Å². The Balaban J connectivity index is 1.63. The van der Waals surface area contributed by atoms with Crippen molar-refractivity contribution < 1.29 is 9.53 Å². The minimum absolute atomic E-state index is 0.100. The van der Waals surface area contributed by atoms with E-state index in [0.717, 1.165) is 34.5 Å². The summed E-state index contributed by atoms with van der Waals surface area (Å²) in [5.74, 6) is 0.736. The van der Waals surface area contributed by atoms with E-state index >= 15 is 0 Å². The molecule has 0 radical (unpaired) electrons. The maximum Gasteiger partial charge on any atom is 0.185 e. The summed E-state index contributed by atoms with van der Waals surface area (Å²) in [6.45, 7) is 7.66. The molecule has 158 valence electrons. The molecular formula is C27H26ClNO2. The zero-order chi connectivity index (χ0) is 21.6. The highest BCUT2D eigenvalue weighted by Crippen LogP contribution is 2.36. The number of hydrogen-bond donors (Lipinski definition) is 0. The smallest absolute Gasteiger partial charge is 0.185 e. The summed E-state index contributed by atoms with van der Waals surface area (Å²) in [6, 6.07) is 21.4. The van der Waals surface area contributed by atoms with E-state index in [-0.39, 0.29) is 5.78 Å². The Morgan fingerprint density at radius 1 is 0.968 bits per heavy atom. The molecule has 4 heteroatoms. The molecule has 1 aliphatic heterocycles. The molecule has 4 rings (SSSR count). The van der Waals surface area contributed by atoms with Crippen molar-refractivity contribution in [2.45, 2.75) is 12.8 Å². The number of halogens is 1. The maximum atomic E-state index is 12.6. The van der Waals surface area contributed by atoms with Crippen LogP contribution in [0.4, 0.5) is 0 Å². The van der Waals surface area contributed by atoms with Crippen LogP contribution in [-0.2, 0) is 0 Å². The van der Waals surface area contributed by atoms with E-state index in [0.29, 0.717) is 17.2 Å². The molecule has 0 saturated carbocycles. The Bertz CT molecular complexity index is 1050. The van der Waals surface area contributed by atoms with Crippen molar-refractivity contribution in [2.24, 2.45) is 0 Å². The number of ether oxygens (including phenoxy) is 1. The second kappa shape index (κ2) is 9.95. The van der Waals surface area contributed by atoms with Crippen LogP contribution in [-0.4, -0.2) is 36.9 Å². The molecule has 1 saturated heterocycles. The van der Waals surface area contributed by atoms with Crippen LogP contribution >= 0.6 is 11.6 Å². The van der Waals surface area contributed by atoms with Crippen LogP contribution in [0.5, 0.6) is 5.75 Å². The first kappa shape index (κ1) is 21.4. The molecule has 3 aromatic carbocycles. The lowest BCUT2D eigenvalue weighted by Gasteiger charge is -2.16. The number of nitrogens with zero attached hydrogens (tertiary/aromatic N) is 1. The van der Waals surface area contributed by atoms with E-state index in [1.54, 1.807) is 0 Å². The highest BCUT2D eigenvalue weighted by molar-refractivity contribution is 6.30. The number of likely N-dealkylation sites (tertiary alicyclic amines) is 1. The van der Waals surface area contributed by atoms with E-state index in [4.69, 9.17) is 16.3 Å². The molecule has 1 aliphatic rings. The van der Waals surface area contributed by atoms with Gasteiger partial charge in [-0.1, -0.05) is 60.6 Å². The number of ketones is 1. The average Bonchev–Trinajstić information content (AvgIpc) is 3.33. The monoisotopic (exact) mass is 431 g/mol. The second-order valence-corrected chi connectivity index (χ2v) is 8.16. The summed E-state index contributed by atoms with van der Waals surface area (Å²) >= 11 is 6.08. The summed E-state index contributed by atoms with van der Waals surface area (Å²) in [5, 5.41) is 0.680. The van der Waals surface area contributed by atoms with Gasteiger partial charge in [-0.05, 0) is 73.0 Å². The molecule has 0 aromatic heterocycles.